The summed E-state index contributed by atoms with van der Waals surface area (Å²) in [4.78, 5) is 0. The van der Waals surface area contributed by atoms with Gasteiger partial charge in [-0.25, -0.2) is 0 Å². The Morgan fingerprint density at radius 2 is 1.75 bits per heavy atom. The van der Waals surface area contributed by atoms with Crippen molar-refractivity contribution in [3.05, 3.63) is 35.9 Å². The van der Waals surface area contributed by atoms with Crippen molar-refractivity contribution in [2.45, 2.75) is 51.0 Å². The van der Waals surface area contributed by atoms with Gasteiger partial charge in [-0.15, -0.1) is 0 Å². The monoisotopic (exact) mass is 217 g/mol. The Hall–Kier alpha value is -0.820. The van der Waals surface area contributed by atoms with Crippen molar-refractivity contribution >= 4 is 0 Å². The average molecular weight is 217 g/mol. The zero-order valence-corrected chi connectivity index (χ0v) is 10.3. The summed E-state index contributed by atoms with van der Waals surface area (Å²) < 4.78 is 0. The molecule has 0 radical (unpaired) electrons. The van der Waals surface area contributed by atoms with E-state index in [0.717, 1.165) is 6.42 Å². The normalized spacial score (nSPS) is 21.6. The fraction of sp³-hybridized carbons (Fsp3) is 0.600. The largest absolute Gasteiger partial charge is 0.321 e. The molecule has 0 aliphatic heterocycles. The number of rotatable bonds is 3. The van der Waals surface area contributed by atoms with Crippen molar-refractivity contribution in [3.8, 4) is 0 Å². The minimum Gasteiger partial charge on any atom is -0.321 e. The molecule has 1 nitrogen and oxygen atoms in total. The number of hydrogen-bond acceptors (Lipinski definition) is 1. The van der Waals surface area contributed by atoms with E-state index in [-0.39, 0.29) is 5.54 Å². The second kappa shape index (κ2) is 5.01. The molecule has 1 saturated carbocycles. The molecule has 0 spiro atoms. The summed E-state index contributed by atoms with van der Waals surface area (Å²) in [6.07, 6.45) is 7.76. The molecule has 88 valence electrons. The number of nitrogens with two attached hydrogens (primary N) is 1. The molecule has 1 aliphatic rings. The van der Waals surface area contributed by atoms with E-state index in [1.165, 1.54) is 37.7 Å². The van der Waals surface area contributed by atoms with Gasteiger partial charge in [0.2, 0.25) is 0 Å². The summed E-state index contributed by atoms with van der Waals surface area (Å²) in [5.41, 5.74) is 7.92. The van der Waals surface area contributed by atoms with Gasteiger partial charge in [-0.1, -0.05) is 56.5 Å². The topological polar surface area (TPSA) is 26.0 Å². The van der Waals surface area contributed by atoms with E-state index >= 15 is 0 Å². The maximum atomic E-state index is 6.69. The van der Waals surface area contributed by atoms with Crippen LogP contribution in [0.3, 0.4) is 0 Å². The van der Waals surface area contributed by atoms with Gasteiger partial charge in [0.15, 0.2) is 0 Å². The van der Waals surface area contributed by atoms with E-state index in [0.29, 0.717) is 5.92 Å². The molecule has 1 aromatic rings. The van der Waals surface area contributed by atoms with Crippen molar-refractivity contribution in [3.63, 3.8) is 0 Å². The molecule has 1 atom stereocenters. The Kier molecular flexibility index (Phi) is 3.65. The maximum absolute atomic E-state index is 6.69. The van der Waals surface area contributed by atoms with Gasteiger partial charge in [0, 0.05) is 5.54 Å². The first-order chi connectivity index (χ1) is 7.77. The molecule has 2 N–H and O–H groups in total. The van der Waals surface area contributed by atoms with Gasteiger partial charge in [0.25, 0.3) is 0 Å². The van der Waals surface area contributed by atoms with Crippen LogP contribution in [0.5, 0.6) is 0 Å². The number of hydrogen-bond donors (Lipinski definition) is 1. The molecule has 2 rings (SSSR count). The quantitative estimate of drug-likeness (QED) is 0.818. The minimum absolute atomic E-state index is 0.0956. The Labute approximate surface area is 99.0 Å². The van der Waals surface area contributed by atoms with Crippen LogP contribution in [0.25, 0.3) is 0 Å². The van der Waals surface area contributed by atoms with Crippen LogP contribution < -0.4 is 5.73 Å². The van der Waals surface area contributed by atoms with Gasteiger partial charge in [0.05, 0.1) is 0 Å². The Bertz CT molecular complexity index is 313. The van der Waals surface area contributed by atoms with Crippen LogP contribution in [0.1, 0.15) is 51.0 Å². The smallest absolute Gasteiger partial charge is 0.0435 e. The summed E-state index contributed by atoms with van der Waals surface area (Å²) in [6.45, 7) is 2.22. The highest BCUT2D eigenvalue weighted by Crippen LogP contribution is 2.39. The van der Waals surface area contributed by atoms with Gasteiger partial charge < -0.3 is 5.73 Å². The molecule has 1 unspecified atom stereocenters. The summed E-state index contributed by atoms with van der Waals surface area (Å²) in [7, 11) is 0. The molecule has 0 bridgehead atoms. The molecule has 0 amide bonds. The first-order valence-corrected chi connectivity index (χ1v) is 6.62. The van der Waals surface area contributed by atoms with Crippen LogP contribution in [0.2, 0.25) is 0 Å². The van der Waals surface area contributed by atoms with Crippen LogP contribution in [0, 0.1) is 5.92 Å². The first-order valence-electron chi connectivity index (χ1n) is 6.62. The van der Waals surface area contributed by atoms with E-state index in [1.807, 2.05) is 0 Å². The zero-order chi connectivity index (χ0) is 11.4. The summed E-state index contributed by atoms with van der Waals surface area (Å²) in [5.74, 6) is 0.675. The molecule has 16 heavy (non-hydrogen) atoms. The molecular formula is C15H23N. The lowest BCUT2D eigenvalue weighted by Gasteiger charge is -2.39. The van der Waals surface area contributed by atoms with Crippen molar-refractivity contribution in [1.29, 1.82) is 0 Å². The van der Waals surface area contributed by atoms with E-state index in [1.54, 1.807) is 0 Å². The molecule has 0 saturated heterocycles. The molecule has 1 heteroatoms. The molecule has 1 aliphatic carbocycles. The molecule has 0 aromatic heterocycles. The summed E-state index contributed by atoms with van der Waals surface area (Å²) in [6, 6.07) is 10.7. The summed E-state index contributed by atoms with van der Waals surface area (Å²) >= 11 is 0. The van der Waals surface area contributed by atoms with Crippen molar-refractivity contribution < 1.29 is 0 Å². The Morgan fingerprint density at radius 1 is 1.12 bits per heavy atom. The lowest BCUT2D eigenvalue weighted by atomic mass is 9.70. The van der Waals surface area contributed by atoms with Crippen molar-refractivity contribution in [1.82, 2.24) is 0 Å². The van der Waals surface area contributed by atoms with Crippen LogP contribution in [-0.4, -0.2) is 0 Å². The number of benzene rings is 1. The first kappa shape index (κ1) is 11.7. The van der Waals surface area contributed by atoms with Gasteiger partial charge in [-0.2, -0.15) is 0 Å². The molecule has 1 aromatic carbocycles. The Morgan fingerprint density at radius 3 is 2.31 bits per heavy atom. The highest BCUT2D eigenvalue weighted by atomic mass is 14.8. The highest BCUT2D eigenvalue weighted by molar-refractivity contribution is 5.25. The molecular weight excluding hydrogens is 194 g/mol. The summed E-state index contributed by atoms with van der Waals surface area (Å²) in [5, 5.41) is 0. The van der Waals surface area contributed by atoms with Gasteiger partial charge in [0.1, 0.15) is 0 Å². The SMILES string of the molecule is CCC(N)(c1ccccc1)C1CCCCC1. The predicted octanol–water partition coefficient (Wildman–Crippen LogP) is 3.83. The zero-order valence-electron chi connectivity index (χ0n) is 10.3. The van der Waals surface area contributed by atoms with Gasteiger partial charge in [-0.05, 0) is 30.7 Å². The fourth-order valence-electron chi connectivity index (χ4n) is 3.09. The van der Waals surface area contributed by atoms with Gasteiger partial charge in [-0.3, -0.25) is 0 Å². The van der Waals surface area contributed by atoms with E-state index < -0.39 is 0 Å². The third-order valence-corrected chi connectivity index (χ3v) is 4.23. The third-order valence-electron chi connectivity index (χ3n) is 4.23. The van der Waals surface area contributed by atoms with Crippen LogP contribution >= 0.6 is 0 Å². The fourth-order valence-corrected chi connectivity index (χ4v) is 3.09. The van der Waals surface area contributed by atoms with Gasteiger partial charge >= 0.3 is 0 Å². The van der Waals surface area contributed by atoms with Crippen LogP contribution in [0.4, 0.5) is 0 Å². The second-order valence-electron chi connectivity index (χ2n) is 5.09. The van der Waals surface area contributed by atoms with E-state index in [2.05, 4.69) is 37.3 Å². The van der Waals surface area contributed by atoms with Crippen LogP contribution in [-0.2, 0) is 5.54 Å². The average Bonchev–Trinajstić information content (AvgIpc) is 2.40. The molecule has 1 fully saturated rings. The molecule has 0 heterocycles. The van der Waals surface area contributed by atoms with Crippen LogP contribution in [0.15, 0.2) is 30.3 Å². The Balaban J connectivity index is 2.24. The minimum atomic E-state index is -0.0956. The predicted molar refractivity (Wildman–Crippen MR) is 69.2 cm³/mol. The standard InChI is InChI=1S/C15H23N/c1-2-15(16,13-9-5-3-6-10-13)14-11-7-4-8-12-14/h3,5-6,9-10,14H,2,4,7-8,11-12,16H2,1H3. The lowest BCUT2D eigenvalue weighted by molar-refractivity contribution is 0.200. The highest BCUT2D eigenvalue weighted by Gasteiger charge is 2.35. The van der Waals surface area contributed by atoms with E-state index in [4.69, 9.17) is 5.73 Å². The third kappa shape index (κ3) is 2.15. The second-order valence-corrected chi connectivity index (χ2v) is 5.09. The van der Waals surface area contributed by atoms with Crippen molar-refractivity contribution in [2.24, 2.45) is 11.7 Å². The van der Waals surface area contributed by atoms with E-state index in [9.17, 15) is 0 Å². The van der Waals surface area contributed by atoms with Crippen molar-refractivity contribution in [2.75, 3.05) is 0 Å². The maximum Gasteiger partial charge on any atom is 0.0435 e. The lowest BCUT2D eigenvalue weighted by Crippen LogP contribution is -2.44.